The summed E-state index contributed by atoms with van der Waals surface area (Å²) in [7, 11) is 0. The van der Waals surface area contributed by atoms with Crippen LogP contribution in [0.4, 0.5) is 4.79 Å². The van der Waals surface area contributed by atoms with Gasteiger partial charge in [-0.15, -0.1) is 0 Å². The first kappa shape index (κ1) is 10.2. The van der Waals surface area contributed by atoms with Crippen molar-refractivity contribution in [3.8, 4) is 0 Å². The van der Waals surface area contributed by atoms with Crippen LogP contribution in [0.3, 0.4) is 0 Å². The number of hydrogen-bond acceptors (Lipinski definition) is 3. The van der Waals surface area contributed by atoms with Gasteiger partial charge in [0.2, 0.25) is 0 Å². The van der Waals surface area contributed by atoms with Gasteiger partial charge in [-0.3, -0.25) is 5.21 Å². The third-order valence-corrected chi connectivity index (χ3v) is 0.904. The van der Waals surface area contributed by atoms with Crippen LogP contribution < -0.4 is 0 Å². The monoisotopic (exact) mass is 161 g/mol. The van der Waals surface area contributed by atoms with Crippen molar-refractivity contribution in [3.63, 3.8) is 0 Å². The smallest absolute Gasteiger partial charge is 0.434 e. The molecule has 0 saturated carbocycles. The fourth-order valence-corrected chi connectivity index (χ4v) is 0.444. The van der Waals surface area contributed by atoms with Crippen LogP contribution in [0.15, 0.2) is 0 Å². The molecule has 0 unspecified atom stereocenters. The molecular formula is C7H15NO3. The van der Waals surface area contributed by atoms with Gasteiger partial charge in [0, 0.05) is 6.54 Å². The number of hydrogen-bond donors (Lipinski definition) is 1. The van der Waals surface area contributed by atoms with Gasteiger partial charge in [-0.2, -0.15) is 5.06 Å². The lowest BCUT2D eigenvalue weighted by molar-refractivity contribution is -0.0905. The number of carbonyl (C=O) groups is 1. The van der Waals surface area contributed by atoms with E-state index in [9.17, 15) is 4.79 Å². The van der Waals surface area contributed by atoms with Crippen LogP contribution in [-0.2, 0) is 4.74 Å². The van der Waals surface area contributed by atoms with E-state index in [0.29, 0.717) is 5.06 Å². The van der Waals surface area contributed by atoms with Crippen LogP contribution in [0.25, 0.3) is 0 Å². The Labute approximate surface area is 66.7 Å². The molecule has 0 radical (unpaired) electrons. The van der Waals surface area contributed by atoms with Gasteiger partial charge >= 0.3 is 6.09 Å². The summed E-state index contributed by atoms with van der Waals surface area (Å²) in [4.78, 5) is 10.8. The van der Waals surface area contributed by atoms with Crippen LogP contribution in [0.1, 0.15) is 27.7 Å². The standard InChI is InChI=1S/C7H15NO3/c1-5-8(10)6(9)11-7(2,3)4/h10H,5H2,1-4H3. The number of hydroxylamine groups is 2. The van der Waals surface area contributed by atoms with Crippen molar-refractivity contribution < 1.29 is 14.7 Å². The van der Waals surface area contributed by atoms with Crippen molar-refractivity contribution in [2.75, 3.05) is 6.54 Å². The van der Waals surface area contributed by atoms with Crippen LogP contribution >= 0.6 is 0 Å². The summed E-state index contributed by atoms with van der Waals surface area (Å²) in [5.74, 6) is 0. The summed E-state index contributed by atoms with van der Waals surface area (Å²) < 4.78 is 4.83. The summed E-state index contributed by atoms with van der Waals surface area (Å²) in [6.45, 7) is 7.12. The minimum atomic E-state index is -0.708. The van der Waals surface area contributed by atoms with E-state index in [1.165, 1.54) is 0 Å². The number of rotatable bonds is 1. The van der Waals surface area contributed by atoms with Gasteiger partial charge in [0.05, 0.1) is 0 Å². The topological polar surface area (TPSA) is 49.8 Å². The Kier molecular flexibility index (Phi) is 3.32. The van der Waals surface area contributed by atoms with E-state index in [2.05, 4.69) is 0 Å². The van der Waals surface area contributed by atoms with Gasteiger partial charge in [-0.05, 0) is 27.7 Å². The van der Waals surface area contributed by atoms with E-state index in [1.807, 2.05) is 0 Å². The molecule has 1 amide bonds. The quantitative estimate of drug-likeness (QED) is 0.469. The molecule has 0 aromatic heterocycles. The second kappa shape index (κ2) is 3.57. The molecule has 66 valence electrons. The van der Waals surface area contributed by atoms with Crippen molar-refractivity contribution in [3.05, 3.63) is 0 Å². The summed E-state index contributed by atoms with van der Waals surface area (Å²) in [6, 6.07) is 0. The number of nitrogens with zero attached hydrogens (tertiary/aromatic N) is 1. The zero-order chi connectivity index (χ0) is 9.07. The molecule has 0 aliphatic heterocycles. The van der Waals surface area contributed by atoms with Crippen molar-refractivity contribution >= 4 is 6.09 Å². The Morgan fingerprint density at radius 3 is 2.27 bits per heavy atom. The van der Waals surface area contributed by atoms with Gasteiger partial charge in [0.25, 0.3) is 0 Å². The van der Waals surface area contributed by atoms with E-state index in [1.54, 1.807) is 27.7 Å². The first-order chi connectivity index (χ1) is 4.87. The van der Waals surface area contributed by atoms with E-state index in [-0.39, 0.29) is 6.54 Å². The normalized spacial score (nSPS) is 11.0. The lowest BCUT2D eigenvalue weighted by atomic mass is 10.2. The number of carbonyl (C=O) groups excluding carboxylic acids is 1. The van der Waals surface area contributed by atoms with Gasteiger partial charge in [-0.1, -0.05) is 0 Å². The first-order valence-electron chi connectivity index (χ1n) is 3.56. The lowest BCUT2D eigenvalue weighted by Gasteiger charge is -2.22. The Morgan fingerprint density at radius 2 is 2.00 bits per heavy atom. The third kappa shape index (κ3) is 4.61. The molecule has 0 atom stereocenters. The third-order valence-electron chi connectivity index (χ3n) is 0.904. The van der Waals surface area contributed by atoms with Crippen LogP contribution in [-0.4, -0.2) is 28.5 Å². The molecular weight excluding hydrogens is 146 g/mol. The van der Waals surface area contributed by atoms with Crippen molar-refractivity contribution in [1.29, 1.82) is 0 Å². The van der Waals surface area contributed by atoms with Crippen LogP contribution in [0.2, 0.25) is 0 Å². The van der Waals surface area contributed by atoms with E-state index in [0.717, 1.165) is 0 Å². The SMILES string of the molecule is CCN(O)C(=O)OC(C)(C)C. The largest absolute Gasteiger partial charge is 0.442 e. The minimum Gasteiger partial charge on any atom is -0.442 e. The Morgan fingerprint density at radius 1 is 1.55 bits per heavy atom. The highest BCUT2D eigenvalue weighted by Crippen LogP contribution is 2.08. The average molecular weight is 161 g/mol. The number of ether oxygens (including phenoxy) is 1. The van der Waals surface area contributed by atoms with Gasteiger partial charge in [0.1, 0.15) is 5.60 Å². The van der Waals surface area contributed by atoms with Gasteiger partial charge in [-0.25, -0.2) is 4.79 Å². The Bertz CT molecular complexity index is 139. The van der Waals surface area contributed by atoms with Crippen LogP contribution in [0, 0.1) is 0 Å². The van der Waals surface area contributed by atoms with Gasteiger partial charge in [0.15, 0.2) is 0 Å². The van der Waals surface area contributed by atoms with Crippen molar-refractivity contribution in [1.82, 2.24) is 5.06 Å². The first-order valence-corrected chi connectivity index (χ1v) is 3.56. The molecule has 0 spiro atoms. The van der Waals surface area contributed by atoms with E-state index < -0.39 is 11.7 Å². The second-order valence-electron chi connectivity index (χ2n) is 3.20. The highest BCUT2D eigenvalue weighted by Gasteiger charge is 2.19. The molecule has 0 saturated heterocycles. The molecule has 0 bridgehead atoms. The lowest BCUT2D eigenvalue weighted by Crippen LogP contribution is -2.34. The molecule has 1 N–H and O–H groups in total. The molecule has 0 aromatic rings. The maximum absolute atomic E-state index is 10.8. The summed E-state index contributed by atoms with van der Waals surface area (Å²) in [5.41, 5.74) is -0.548. The summed E-state index contributed by atoms with van der Waals surface area (Å²) >= 11 is 0. The zero-order valence-corrected chi connectivity index (χ0v) is 7.42. The van der Waals surface area contributed by atoms with Crippen molar-refractivity contribution in [2.45, 2.75) is 33.3 Å². The maximum atomic E-state index is 10.8. The molecule has 0 aliphatic carbocycles. The van der Waals surface area contributed by atoms with E-state index >= 15 is 0 Å². The second-order valence-corrected chi connectivity index (χ2v) is 3.20. The molecule has 0 heterocycles. The zero-order valence-electron chi connectivity index (χ0n) is 7.42. The highest BCUT2D eigenvalue weighted by atomic mass is 16.6. The maximum Gasteiger partial charge on any atom is 0.434 e. The Balaban J connectivity index is 3.88. The predicted molar refractivity (Wildman–Crippen MR) is 40.4 cm³/mol. The molecule has 0 rings (SSSR count). The predicted octanol–water partition coefficient (Wildman–Crippen LogP) is 1.63. The molecule has 4 nitrogen and oxygen atoms in total. The summed E-state index contributed by atoms with van der Waals surface area (Å²) in [6.07, 6.45) is -0.708. The minimum absolute atomic E-state index is 0.231. The van der Waals surface area contributed by atoms with Crippen molar-refractivity contribution in [2.24, 2.45) is 0 Å². The van der Waals surface area contributed by atoms with Crippen LogP contribution in [0.5, 0.6) is 0 Å². The number of amides is 1. The molecule has 11 heavy (non-hydrogen) atoms. The summed E-state index contributed by atoms with van der Waals surface area (Å²) in [5, 5.41) is 9.38. The molecule has 0 fully saturated rings. The van der Waals surface area contributed by atoms with E-state index in [4.69, 9.17) is 9.94 Å². The fraction of sp³-hybridized carbons (Fsp3) is 0.857. The molecule has 0 aliphatic rings. The highest BCUT2D eigenvalue weighted by molar-refractivity contribution is 5.66. The molecule has 0 aromatic carbocycles. The Hall–Kier alpha value is -0.770. The average Bonchev–Trinajstić information content (AvgIpc) is 1.82. The van der Waals surface area contributed by atoms with Gasteiger partial charge < -0.3 is 4.74 Å². The fourth-order valence-electron chi connectivity index (χ4n) is 0.444. The molecule has 4 heteroatoms.